The van der Waals surface area contributed by atoms with Gasteiger partial charge >= 0.3 is 0 Å². The fraction of sp³-hybridized carbons (Fsp3) is 0.286. The summed E-state index contributed by atoms with van der Waals surface area (Å²) in [5.41, 5.74) is 6.18. The van der Waals surface area contributed by atoms with Gasteiger partial charge in [0, 0.05) is 11.6 Å². The van der Waals surface area contributed by atoms with E-state index in [-0.39, 0.29) is 42.3 Å². The lowest BCUT2D eigenvalue weighted by atomic mass is 10.0. The largest absolute Gasteiger partial charge is 0.382 e. The van der Waals surface area contributed by atoms with Crippen molar-refractivity contribution in [3.05, 3.63) is 35.9 Å². The smallest absolute Gasteiger partial charge is 0.209 e. The molecule has 1 aliphatic rings. The lowest BCUT2D eigenvalue weighted by Crippen LogP contribution is -2.22. The fourth-order valence-electron chi connectivity index (χ4n) is 2.95. The topological polar surface area (TPSA) is 89.9 Å². The predicted molar refractivity (Wildman–Crippen MR) is 112 cm³/mol. The summed E-state index contributed by atoms with van der Waals surface area (Å²) in [7, 11) is 0. The molecule has 1 aromatic carbocycles. The van der Waals surface area contributed by atoms with E-state index >= 15 is 0 Å². The minimum absolute atomic E-state index is 0. The monoisotopic (exact) mass is 411 g/mol. The molecular formula is C21H19ClFN5O. The van der Waals surface area contributed by atoms with Crippen molar-refractivity contribution in [1.29, 1.82) is 0 Å². The van der Waals surface area contributed by atoms with E-state index < -0.39 is 5.60 Å². The van der Waals surface area contributed by atoms with E-state index in [1.165, 1.54) is 12.1 Å². The van der Waals surface area contributed by atoms with Crippen LogP contribution in [0.15, 0.2) is 24.3 Å². The van der Waals surface area contributed by atoms with E-state index in [2.05, 4.69) is 32.7 Å². The molecule has 29 heavy (non-hydrogen) atoms. The number of halogens is 2. The molecule has 3 N–H and O–H groups in total. The van der Waals surface area contributed by atoms with Crippen LogP contribution in [0.1, 0.15) is 38.1 Å². The molecule has 1 unspecified atom stereocenters. The van der Waals surface area contributed by atoms with Crippen molar-refractivity contribution in [3.63, 3.8) is 0 Å². The molecule has 0 saturated heterocycles. The summed E-state index contributed by atoms with van der Waals surface area (Å²) in [6.07, 6.45) is 7.57. The van der Waals surface area contributed by atoms with Crippen LogP contribution in [-0.2, 0) is 0 Å². The molecule has 148 valence electrons. The number of hydrogen-bond acceptors (Lipinski definition) is 5. The van der Waals surface area contributed by atoms with Crippen LogP contribution in [0.3, 0.4) is 0 Å². The van der Waals surface area contributed by atoms with Crippen molar-refractivity contribution in [1.82, 2.24) is 19.5 Å². The average Bonchev–Trinajstić information content (AvgIpc) is 3.46. The maximum Gasteiger partial charge on any atom is 0.209 e. The van der Waals surface area contributed by atoms with E-state index in [9.17, 15) is 9.50 Å². The van der Waals surface area contributed by atoms with Crippen LogP contribution in [0.25, 0.3) is 22.6 Å². The number of aliphatic hydroxyl groups is 1. The Labute approximate surface area is 173 Å². The van der Waals surface area contributed by atoms with Crippen molar-refractivity contribution in [3.8, 4) is 35.6 Å². The number of terminal acetylenes is 1. The van der Waals surface area contributed by atoms with Crippen LogP contribution >= 0.6 is 12.4 Å². The zero-order valence-electron chi connectivity index (χ0n) is 15.7. The molecule has 0 aliphatic heterocycles. The lowest BCUT2D eigenvalue weighted by molar-refractivity contribution is 0.159. The summed E-state index contributed by atoms with van der Waals surface area (Å²) in [6, 6.07) is 6.46. The minimum Gasteiger partial charge on any atom is -0.382 e. The normalized spacial score (nSPS) is 15.0. The van der Waals surface area contributed by atoms with Gasteiger partial charge in [-0.15, -0.1) is 18.8 Å². The summed E-state index contributed by atoms with van der Waals surface area (Å²) < 4.78 is 15.7. The van der Waals surface area contributed by atoms with Gasteiger partial charge in [-0.1, -0.05) is 25.0 Å². The second-order valence-electron chi connectivity index (χ2n) is 6.76. The molecule has 6 nitrogen and oxygen atoms in total. The number of benzene rings is 1. The number of aromatic nitrogens is 4. The predicted octanol–water partition coefficient (Wildman–Crippen LogP) is 3.10. The summed E-state index contributed by atoms with van der Waals surface area (Å²) >= 11 is 0. The van der Waals surface area contributed by atoms with Gasteiger partial charge in [0.15, 0.2) is 22.6 Å². The molecule has 2 heterocycles. The van der Waals surface area contributed by atoms with Gasteiger partial charge in [-0.3, -0.25) is 0 Å². The summed E-state index contributed by atoms with van der Waals surface area (Å²) in [5.74, 6) is 8.18. The van der Waals surface area contributed by atoms with Crippen molar-refractivity contribution in [2.24, 2.45) is 0 Å². The van der Waals surface area contributed by atoms with Crippen LogP contribution in [0.4, 0.5) is 10.2 Å². The molecule has 1 saturated carbocycles. The third-order valence-corrected chi connectivity index (χ3v) is 4.69. The molecule has 1 atom stereocenters. The Bertz CT molecular complexity index is 1190. The molecule has 0 bridgehead atoms. The van der Waals surface area contributed by atoms with Gasteiger partial charge in [0.1, 0.15) is 11.6 Å². The van der Waals surface area contributed by atoms with Crippen molar-refractivity contribution in [2.45, 2.75) is 37.8 Å². The Hall–Kier alpha value is -3.13. The van der Waals surface area contributed by atoms with Gasteiger partial charge in [0.05, 0.1) is 0 Å². The van der Waals surface area contributed by atoms with Gasteiger partial charge in [0.25, 0.3) is 0 Å². The zero-order chi connectivity index (χ0) is 19.9. The van der Waals surface area contributed by atoms with Crippen LogP contribution in [0.2, 0.25) is 0 Å². The first-order chi connectivity index (χ1) is 13.4. The Morgan fingerprint density at radius 2 is 2.10 bits per heavy atom. The number of nitrogens with zero attached hydrogens (tertiary/aromatic N) is 4. The van der Waals surface area contributed by atoms with Crippen LogP contribution in [-0.4, -0.2) is 30.2 Å². The Morgan fingerprint density at radius 1 is 1.34 bits per heavy atom. The fourth-order valence-corrected chi connectivity index (χ4v) is 2.95. The van der Waals surface area contributed by atoms with Gasteiger partial charge in [-0.05, 0) is 43.2 Å². The summed E-state index contributed by atoms with van der Waals surface area (Å²) in [6.45, 7) is 1.74. The first kappa shape index (κ1) is 20.6. The van der Waals surface area contributed by atoms with Crippen molar-refractivity contribution >= 4 is 29.4 Å². The molecule has 4 rings (SSSR count). The van der Waals surface area contributed by atoms with E-state index in [0.717, 1.165) is 12.8 Å². The van der Waals surface area contributed by atoms with Crippen LogP contribution in [0.5, 0.6) is 0 Å². The highest BCUT2D eigenvalue weighted by atomic mass is 35.5. The Balaban J connectivity index is 0.00000240. The highest BCUT2D eigenvalue weighted by molar-refractivity contribution is 5.86. The lowest BCUT2D eigenvalue weighted by Gasteiger charge is -2.10. The maximum atomic E-state index is 13.7. The molecular weight excluding hydrogens is 393 g/mol. The average molecular weight is 412 g/mol. The molecule has 0 spiro atoms. The van der Waals surface area contributed by atoms with E-state index in [1.54, 1.807) is 19.1 Å². The third kappa shape index (κ3) is 3.88. The van der Waals surface area contributed by atoms with Crippen LogP contribution < -0.4 is 5.73 Å². The van der Waals surface area contributed by atoms with Crippen molar-refractivity contribution in [2.75, 3.05) is 5.73 Å². The van der Waals surface area contributed by atoms with Crippen LogP contribution in [0, 0.1) is 30.0 Å². The molecule has 8 heteroatoms. The molecule has 0 amide bonds. The number of nitrogen functional groups attached to an aromatic ring is 1. The van der Waals surface area contributed by atoms with E-state index in [4.69, 9.17) is 12.2 Å². The first-order valence-corrected chi connectivity index (χ1v) is 8.99. The molecule has 1 fully saturated rings. The molecule has 3 aromatic rings. The number of imidazole rings is 1. The first-order valence-electron chi connectivity index (χ1n) is 8.99. The third-order valence-electron chi connectivity index (χ3n) is 4.69. The standard InChI is InChI=1S/C21H18FN5O.ClH/c1-3-21(28,4-2)11-10-16-24-18(23)17-20(25-16)27(15-8-9-15)19(26-17)13-6-5-7-14(22)12-13;/h1,5-7,12,15,28H,4,8-9H2,2H3,(H2,23,24,25);1H. The molecule has 0 radical (unpaired) electrons. The number of rotatable bonds is 3. The molecule has 2 aromatic heterocycles. The second-order valence-corrected chi connectivity index (χ2v) is 6.76. The summed E-state index contributed by atoms with van der Waals surface area (Å²) in [5, 5.41) is 10.2. The Kier molecular flexibility index (Phi) is 5.48. The van der Waals surface area contributed by atoms with Gasteiger partial charge in [-0.25, -0.2) is 19.3 Å². The maximum absolute atomic E-state index is 13.7. The second kappa shape index (κ2) is 7.71. The quantitative estimate of drug-likeness (QED) is 0.646. The summed E-state index contributed by atoms with van der Waals surface area (Å²) in [4.78, 5) is 13.3. The van der Waals surface area contributed by atoms with Gasteiger partial charge in [-0.2, -0.15) is 0 Å². The number of fused-ring (bicyclic) bond motifs is 1. The van der Waals surface area contributed by atoms with Gasteiger partial charge < -0.3 is 15.4 Å². The SMILES string of the molecule is C#CC(O)(C#Cc1nc(N)c2nc(-c3cccc(F)c3)n(C3CC3)c2n1)CC.Cl. The highest BCUT2D eigenvalue weighted by Gasteiger charge is 2.30. The highest BCUT2D eigenvalue weighted by Crippen LogP contribution is 2.41. The molecule has 1 aliphatic carbocycles. The Morgan fingerprint density at radius 3 is 2.72 bits per heavy atom. The number of anilines is 1. The van der Waals surface area contributed by atoms with E-state index in [0.29, 0.717) is 22.6 Å². The number of hydrogen-bond donors (Lipinski definition) is 2. The van der Waals surface area contributed by atoms with Gasteiger partial charge in [0.2, 0.25) is 5.82 Å². The van der Waals surface area contributed by atoms with Crippen molar-refractivity contribution < 1.29 is 9.50 Å². The zero-order valence-corrected chi connectivity index (χ0v) is 16.5. The number of nitrogens with two attached hydrogens (primary N) is 1. The van der Waals surface area contributed by atoms with E-state index in [1.807, 2.05) is 4.57 Å². The minimum atomic E-state index is -1.55.